The molecular weight excluding hydrogens is 236 g/mol. The van der Waals surface area contributed by atoms with Gasteiger partial charge in [-0.05, 0) is 24.1 Å². The van der Waals surface area contributed by atoms with Crippen LogP contribution in [0.2, 0.25) is 0 Å². The van der Waals surface area contributed by atoms with Crippen molar-refractivity contribution in [2.24, 2.45) is 7.05 Å². The Hall–Kier alpha value is -1.55. The molecule has 0 aliphatic heterocycles. The molecule has 1 aromatic carbocycles. The SMILES string of the molecule is Cn1ncnc1CNc1ccc(CCCl)cc1. The monoisotopic (exact) mass is 250 g/mol. The minimum absolute atomic E-state index is 0.658. The van der Waals surface area contributed by atoms with Crippen molar-refractivity contribution in [2.75, 3.05) is 11.2 Å². The molecule has 1 aromatic heterocycles. The molecule has 0 aliphatic carbocycles. The molecule has 0 fully saturated rings. The number of nitrogens with zero attached hydrogens (tertiary/aromatic N) is 3. The molecule has 0 spiro atoms. The van der Waals surface area contributed by atoms with Gasteiger partial charge in [-0.15, -0.1) is 11.6 Å². The van der Waals surface area contributed by atoms with Gasteiger partial charge >= 0.3 is 0 Å². The Morgan fingerprint density at radius 2 is 2.06 bits per heavy atom. The molecule has 0 saturated carbocycles. The molecule has 0 aliphatic rings. The maximum Gasteiger partial charge on any atom is 0.145 e. The highest BCUT2D eigenvalue weighted by Gasteiger charge is 2.00. The van der Waals surface area contributed by atoms with E-state index in [4.69, 9.17) is 11.6 Å². The highest BCUT2D eigenvalue weighted by Crippen LogP contribution is 2.11. The van der Waals surface area contributed by atoms with Gasteiger partial charge in [-0.2, -0.15) is 5.10 Å². The van der Waals surface area contributed by atoms with Crippen LogP contribution in [0.5, 0.6) is 0 Å². The Balaban J connectivity index is 1.93. The average Bonchev–Trinajstić information content (AvgIpc) is 2.75. The fourth-order valence-corrected chi connectivity index (χ4v) is 1.78. The van der Waals surface area contributed by atoms with Crippen LogP contribution >= 0.6 is 11.6 Å². The van der Waals surface area contributed by atoms with Crippen LogP contribution in [0.1, 0.15) is 11.4 Å². The van der Waals surface area contributed by atoms with Gasteiger partial charge in [0.25, 0.3) is 0 Å². The molecule has 0 amide bonds. The van der Waals surface area contributed by atoms with Gasteiger partial charge in [0.15, 0.2) is 0 Å². The van der Waals surface area contributed by atoms with Crippen molar-refractivity contribution in [3.63, 3.8) is 0 Å². The number of aromatic nitrogens is 3. The van der Waals surface area contributed by atoms with Crippen LogP contribution in [0.15, 0.2) is 30.6 Å². The lowest BCUT2D eigenvalue weighted by atomic mass is 10.1. The largest absolute Gasteiger partial charge is 0.378 e. The molecule has 0 atom stereocenters. The molecule has 0 unspecified atom stereocenters. The van der Waals surface area contributed by atoms with Gasteiger partial charge in [-0.3, -0.25) is 4.68 Å². The zero-order valence-electron chi connectivity index (χ0n) is 9.73. The summed E-state index contributed by atoms with van der Waals surface area (Å²) in [4.78, 5) is 4.15. The van der Waals surface area contributed by atoms with E-state index in [0.717, 1.165) is 17.9 Å². The lowest BCUT2D eigenvalue weighted by Gasteiger charge is -2.06. The summed E-state index contributed by atoms with van der Waals surface area (Å²) >= 11 is 5.69. The Labute approximate surface area is 106 Å². The van der Waals surface area contributed by atoms with Crippen LogP contribution in [0.4, 0.5) is 5.69 Å². The van der Waals surface area contributed by atoms with E-state index in [9.17, 15) is 0 Å². The third kappa shape index (κ3) is 3.20. The highest BCUT2D eigenvalue weighted by atomic mass is 35.5. The van der Waals surface area contributed by atoms with Crippen molar-refractivity contribution >= 4 is 17.3 Å². The predicted octanol–water partition coefficient (Wildman–Crippen LogP) is 2.21. The zero-order chi connectivity index (χ0) is 12.1. The summed E-state index contributed by atoms with van der Waals surface area (Å²) in [5.74, 6) is 1.57. The van der Waals surface area contributed by atoms with E-state index < -0.39 is 0 Å². The first kappa shape index (κ1) is 11.9. The molecule has 0 radical (unpaired) electrons. The van der Waals surface area contributed by atoms with Crippen LogP contribution < -0.4 is 5.32 Å². The fourth-order valence-electron chi connectivity index (χ4n) is 1.56. The highest BCUT2D eigenvalue weighted by molar-refractivity contribution is 6.17. The number of halogens is 1. The van der Waals surface area contributed by atoms with Crippen molar-refractivity contribution in [3.05, 3.63) is 42.0 Å². The summed E-state index contributed by atoms with van der Waals surface area (Å²) in [7, 11) is 1.88. The molecular formula is C12H15ClN4. The number of alkyl halides is 1. The number of rotatable bonds is 5. The molecule has 1 heterocycles. The van der Waals surface area contributed by atoms with E-state index in [1.807, 2.05) is 7.05 Å². The lowest BCUT2D eigenvalue weighted by molar-refractivity contribution is 0.712. The van der Waals surface area contributed by atoms with Crippen LogP contribution in [0, 0.1) is 0 Å². The summed E-state index contributed by atoms with van der Waals surface area (Å²) in [6.07, 6.45) is 2.46. The molecule has 90 valence electrons. The summed E-state index contributed by atoms with van der Waals surface area (Å²) in [6, 6.07) is 8.28. The Kier molecular flexibility index (Phi) is 3.98. The number of hydrogen-bond acceptors (Lipinski definition) is 3. The molecule has 2 rings (SSSR count). The van der Waals surface area contributed by atoms with Crippen LogP contribution in [-0.2, 0) is 20.0 Å². The summed E-state index contributed by atoms with van der Waals surface area (Å²) in [5.41, 5.74) is 2.33. The number of hydrogen-bond donors (Lipinski definition) is 1. The predicted molar refractivity (Wildman–Crippen MR) is 69.2 cm³/mol. The van der Waals surface area contributed by atoms with Crippen molar-refractivity contribution in [2.45, 2.75) is 13.0 Å². The first-order chi connectivity index (χ1) is 8.29. The number of benzene rings is 1. The Bertz CT molecular complexity index is 464. The molecule has 17 heavy (non-hydrogen) atoms. The van der Waals surface area contributed by atoms with E-state index in [0.29, 0.717) is 12.4 Å². The van der Waals surface area contributed by atoms with Crippen LogP contribution in [-0.4, -0.2) is 20.6 Å². The zero-order valence-corrected chi connectivity index (χ0v) is 10.5. The summed E-state index contributed by atoms with van der Waals surface area (Å²) in [5, 5.41) is 7.32. The van der Waals surface area contributed by atoms with E-state index >= 15 is 0 Å². The second-order valence-electron chi connectivity index (χ2n) is 3.79. The Morgan fingerprint density at radius 1 is 1.29 bits per heavy atom. The second-order valence-corrected chi connectivity index (χ2v) is 4.17. The fraction of sp³-hybridized carbons (Fsp3) is 0.333. The number of aryl methyl sites for hydroxylation is 2. The van der Waals surface area contributed by atoms with Gasteiger partial charge in [0.1, 0.15) is 12.2 Å². The van der Waals surface area contributed by atoms with E-state index in [1.54, 1.807) is 11.0 Å². The second kappa shape index (κ2) is 5.68. The standard InChI is InChI=1S/C12H15ClN4/c1-17-12(15-9-16-17)8-14-11-4-2-10(3-5-11)6-7-13/h2-5,9,14H,6-8H2,1H3. The normalized spacial score (nSPS) is 10.5. The summed E-state index contributed by atoms with van der Waals surface area (Å²) in [6.45, 7) is 0.672. The minimum Gasteiger partial charge on any atom is -0.378 e. The molecule has 5 heteroatoms. The van der Waals surface area contributed by atoms with Crippen LogP contribution in [0.3, 0.4) is 0 Å². The topological polar surface area (TPSA) is 42.7 Å². The molecule has 0 bridgehead atoms. The molecule has 4 nitrogen and oxygen atoms in total. The van der Waals surface area contributed by atoms with E-state index in [2.05, 4.69) is 39.7 Å². The summed E-state index contributed by atoms with van der Waals surface area (Å²) < 4.78 is 1.76. The Morgan fingerprint density at radius 3 is 2.65 bits per heavy atom. The van der Waals surface area contributed by atoms with Gasteiger partial charge in [-0.25, -0.2) is 4.98 Å². The maximum atomic E-state index is 5.69. The molecule has 1 N–H and O–H groups in total. The smallest absolute Gasteiger partial charge is 0.145 e. The van der Waals surface area contributed by atoms with Crippen molar-refractivity contribution in [3.8, 4) is 0 Å². The molecule has 0 saturated heterocycles. The number of nitrogens with one attached hydrogen (secondary N) is 1. The minimum atomic E-state index is 0.658. The van der Waals surface area contributed by atoms with Gasteiger partial charge in [-0.1, -0.05) is 12.1 Å². The van der Waals surface area contributed by atoms with Crippen molar-refractivity contribution in [1.82, 2.24) is 14.8 Å². The number of anilines is 1. The maximum absolute atomic E-state index is 5.69. The average molecular weight is 251 g/mol. The van der Waals surface area contributed by atoms with Gasteiger partial charge < -0.3 is 5.32 Å². The van der Waals surface area contributed by atoms with E-state index in [-0.39, 0.29) is 0 Å². The quantitative estimate of drug-likeness (QED) is 0.828. The van der Waals surface area contributed by atoms with Gasteiger partial charge in [0.2, 0.25) is 0 Å². The molecule has 2 aromatic rings. The van der Waals surface area contributed by atoms with Gasteiger partial charge in [0.05, 0.1) is 6.54 Å². The first-order valence-corrected chi connectivity index (χ1v) is 6.04. The first-order valence-electron chi connectivity index (χ1n) is 5.51. The lowest BCUT2D eigenvalue weighted by Crippen LogP contribution is -2.06. The van der Waals surface area contributed by atoms with Crippen molar-refractivity contribution < 1.29 is 0 Å². The van der Waals surface area contributed by atoms with Crippen molar-refractivity contribution in [1.29, 1.82) is 0 Å². The third-order valence-corrected chi connectivity index (χ3v) is 2.78. The van der Waals surface area contributed by atoms with Gasteiger partial charge in [0, 0.05) is 18.6 Å². The third-order valence-electron chi connectivity index (χ3n) is 2.59. The van der Waals surface area contributed by atoms with E-state index in [1.165, 1.54) is 5.56 Å². The van der Waals surface area contributed by atoms with Crippen LogP contribution in [0.25, 0.3) is 0 Å².